The van der Waals surface area contributed by atoms with Crippen LogP contribution < -0.4 is 0 Å². The average molecular weight is 310 g/mol. The number of hydrogen-bond acceptors (Lipinski definition) is 3. The van der Waals surface area contributed by atoms with E-state index in [9.17, 15) is 27.6 Å². The number of alkyl halides is 3. The first-order valence-electron chi connectivity index (χ1n) is 6.43. The van der Waals surface area contributed by atoms with Gasteiger partial charge in [-0.3, -0.25) is 14.4 Å². The number of carboxylic acid groups (broad SMARTS) is 1. The van der Waals surface area contributed by atoms with E-state index in [0.717, 1.165) is 0 Å². The lowest BCUT2D eigenvalue weighted by atomic mass is 9.96. The summed E-state index contributed by atoms with van der Waals surface area (Å²) in [7, 11) is 0. The number of piperidine rings is 1. The van der Waals surface area contributed by atoms with Crippen LogP contribution in [0.2, 0.25) is 0 Å². The fourth-order valence-electron chi connectivity index (χ4n) is 2.31. The molecule has 21 heavy (non-hydrogen) atoms. The minimum Gasteiger partial charge on any atom is -0.480 e. The first-order valence-corrected chi connectivity index (χ1v) is 6.43. The Morgan fingerprint density at radius 2 is 1.95 bits per heavy atom. The normalized spacial score (nSPS) is 19.2. The molecule has 0 spiro atoms. The summed E-state index contributed by atoms with van der Waals surface area (Å²) in [4.78, 5) is 35.7. The van der Waals surface area contributed by atoms with Crippen LogP contribution in [0.4, 0.5) is 13.2 Å². The van der Waals surface area contributed by atoms with Crippen molar-refractivity contribution in [2.24, 2.45) is 5.92 Å². The molecule has 1 unspecified atom stereocenters. The highest BCUT2D eigenvalue weighted by Gasteiger charge is 2.37. The van der Waals surface area contributed by atoms with Gasteiger partial charge in [0.15, 0.2) is 0 Å². The van der Waals surface area contributed by atoms with Gasteiger partial charge in [0, 0.05) is 20.0 Å². The molecule has 1 aliphatic heterocycles. The molecule has 0 bridgehead atoms. The van der Waals surface area contributed by atoms with Gasteiger partial charge in [-0.15, -0.1) is 0 Å². The van der Waals surface area contributed by atoms with Gasteiger partial charge in [0.1, 0.15) is 13.1 Å². The molecule has 120 valence electrons. The average Bonchev–Trinajstić information content (AvgIpc) is 2.35. The van der Waals surface area contributed by atoms with Crippen LogP contribution in [0.15, 0.2) is 0 Å². The Bertz CT molecular complexity index is 425. The van der Waals surface area contributed by atoms with Crippen molar-refractivity contribution in [2.75, 3.05) is 26.2 Å². The molecule has 1 fully saturated rings. The van der Waals surface area contributed by atoms with E-state index in [1.165, 1.54) is 11.8 Å². The number of halogens is 3. The van der Waals surface area contributed by atoms with Crippen LogP contribution in [-0.2, 0) is 14.4 Å². The summed E-state index contributed by atoms with van der Waals surface area (Å²) >= 11 is 0. The number of likely N-dealkylation sites (tertiary alicyclic amines) is 1. The maximum absolute atomic E-state index is 12.4. The minimum absolute atomic E-state index is 0.0299. The third kappa shape index (κ3) is 5.60. The molecule has 2 amide bonds. The lowest BCUT2D eigenvalue weighted by Crippen LogP contribution is -2.49. The Labute approximate surface area is 119 Å². The van der Waals surface area contributed by atoms with E-state index in [1.807, 2.05) is 0 Å². The quantitative estimate of drug-likeness (QED) is 0.830. The van der Waals surface area contributed by atoms with Crippen molar-refractivity contribution < 1.29 is 32.7 Å². The van der Waals surface area contributed by atoms with Crippen molar-refractivity contribution >= 4 is 17.8 Å². The van der Waals surface area contributed by atoms with Crippen LogP contribution in [0, 0.1) is 5.92 Å². The van der Waals surface area contributed by atoms with Crippen molar-refractivity contribution in [3.05, 3.63) is 0 Å². The van der Waals surface area contributed by atoms with Crippen molar-refractivity contribution in [2.45, 2.75) is 25.9 Å². The zero-order valence-electron chi connectivity index (χ0n) is 11.5. The van der Waals surface area contributed by atoms with E-state index in [-0.39, 0.29) is 17.4 Å². The lowest BCUT2D eigenvalue weighted by Gasteiger charge is -2.34. The largest absolute Gasteiger partial charge is 0.480 e. The molecule has 1 N–H and O–H groups in total. The molecule has 0 aromatic heterocycles. The molecular weight excluding hydrogens is 293 g/mol. The molecule has 1 atom stereocenters. The van der Waals surface area contributed by atoms with Crippen LogP contribution in [0.3, 0.4) is 0 Å². The Kier molecular flexibility index (Phi) is 5.56. The van der Waals surface area contributed by atoms with Gasteiger partial charge in [0.25, 0.3) is 0 Å². The first kappa shape index (κ1) is 17.3. The lowest BCUT2D eigenvalue weighted by molar-refractivity contribution is -0.169. The Balaban J connectivity index is 2.79. The SMILES string of the molecule is CC(=O)N1CCCC(C(=O)N(CC(=O)O)CC(F)(F)F)C1. The van der Waals surface area contributed by atoms with Crippen molar-refractivity contribution in [3.8, 4) is 0 Å². The fourth-order valence-corrected chi connectivity index (χ4v) is 2.31. The van der Waals surface area contributed by atoms with E-state index in [0.29, 0.717) is 19.4 Å². The fraction of sp³-hybridized carbons (Fsp3) is 0.750. The highest BCUT2D eigenvalue weighted by atomic mass is 19.4. The predicted octanol–water partition coefficient (Wildman–Crippen LogP) is 0.720. The summed E-state index contributed by atoms with van der Waals surface area (Å²) in [5.74, 6) is -3.43. The van der Waals surface area contributed by atoms with Gasteiger partial charge < -0.3 is 14.9 Å². The van der Waals surface area contributed by atoms with E-state index < -0.39 is 37.1 Å². The Morgan fingerprint density at radius 3 is 2.43 bits per heavy atom. The second-order valence-electron chi connectivity index (χ2n) is 5.01. The molecule has 1 saturated heterocycles. The number of nitrogens with zero attached hydrogens (tertiary/aromatic N) is 2. The number of carbonyl (C=O) groups excluding carboxylic acids is 2. The molecule has 0 aromatic carbocycles. The number of carboxylic acids is 1. The van der Waals surface area contributed by atoms with Crippen molar-refractivity contribution in [1.82, 2.24) is 9.80 Å². The molecule has 0 saturated carbocycles. The van der Waals surface area contributed by atoms with Crippen LogP contribution in [-0.4, -0.2) is 65.0 Å². The highest BCUT2D eigenvalue weighted by Crippen LogP contribution is 2.22. The molecular formula is C12H17F3N2O4. The van der Waals surface area contributed by atoms with Crippen molar-refractivity contribution in [1.29, 1.82) is 0 Å². The zero-order valence-corrected chi connectivity index (χ0v) is 11.5. The van der Waals surface area contributed by atoms with Gasteiger partial charge in [-0.05, 0) is 12.8 Å². The van der Waals surface area contributed by atoms with Crippen LogP contribution in [0.5, 0.6) is 0 Å². The van der Waals surface area contributed by atoms with Crippen molar-refractivity contribution in [3.63, 3.8) is 0 Å². The highest BCUT2D eigenvalue weighted by molar-refractivity contribution is 5.84. The number of amides is 2. The summed E-state index contributed by atoms with van der Waals surface area (Å²) < 4.78 is 37.3. The Morgan fingerprint density at radius 1 is 1.33 bits per heavy atom. The molecule has 1 rings (SSSR count). The second-order valence-corrected chi connectivity index (χ2v) is 5.01. The molecule has 1 aliphatic rings. The summed E-state index contributed by atoms with van der Waals surface area (Å²) in [6, 6.07) is 0. The number of aliphatic carboxylic acids is 1. The van der Waals surface area contributed by atoms with E-state index in [4.69, 9.17) is 5.11 Å². The maximum Gasteiger partial charge on any atom is 0.406 e. The summed E-state index contributed by atoms with van der Waals surface area (Å²) in [5, 5.41) is 8.64. The molecule has 6 nitrogen and oxygen atoms in total. The Hall–Kier alpha value is -1.80. The minimum atomic E-state index is -4.67. The van der Waals surface area contributed by atoms with E-state index in [2.05, 4.69) is 0 Å². The third-order valence-corrected chi connectivity index (χ3v) is 3.22. The summed E-state index contributed by atoms with van der Waals surface area (Å²) in [6.45, 7) is -0.805. The van der Waals surface area contributed by atoms with E-state index in [1.54, 1.807) is 0 Å². The van der Waals surface area contributed by atoms with Crippen LogP contribution >= 0.6 is 0 Å². The van der Waals surface area contributed by atoms with Crippen LogP contribution in [0.25, 0.3) is 0 Å². The van der Waals surface area contributed by atoms with Gasteiger partial charge in [0.2, 0.25) is 11.8 Å². The second kappa shape index (κ2) is 6.77. The van der Waals surface area contributed by atoms with Gasteiger partial charge in [0.05, 0.1) is 5.92 Å². The number of hydrogen-bond donors (Lipinski definition) is 1. The van der Waals surface area contributed by atoms with Crippen LogP contribution in [0.1, 0.15) is 19.8 Å². The molecule has 1 heterocycles. The van der Waals surface area contributed by atoms with E-state index >= 15 is 0 Å². The number of rotatable bonds is 4. The topological polar surface area (TPSA) is 77.9 Å². The van der Waals surface area contributed by atoms with Gasteiger partial charge in [-0.2, -0.15) is 13.2 Å². The van der Waals surface area contributed by atoms with Gasteiger partial charge in [-0.25, -0.2) is 0 Å². The number of carbonyl (C=O) groups is 3. The maximum atomic E-state index is 12.4. The predicted molar refractivity (Wildman–Crippen MR) is 65.2 cm³/mol. The zero-order chi connectivity index (χ0) is 16.2. The molecule has 0 aromatic rings. The standard InChI is InChI=1S/C12H17F3N2O4/c1-8(18)16-4-2-3-9(5-16)11(21)17(6-10(19)20)7-12(13,14)15/h9H,2-7H2,1H3,(H,19,20). The van der Waals surface area contributed by atoms with Gasteiger partial charge >= 0.3 is 12.1 Å². The van der Waals surface area contributed by atoms with Gasteiger partial charge in [-0.1, -0.05) is 0 Å². The monoisotopic (exact) mass is 310 g/mol. The molecule has 0 aliphatic carbocycles. The first-order chi connectivity index (χ1) is 9.60. The smallest absolute Gasteiger partial charge is 0.406 e. The molecule has 0 radical (unpaired) electrons. The third-order valence-electron chi connectivity index (χ3n) is 3.22. The molecule has 9 heteroatoms. The summed E-state index contributed by atoms with van der Waals surface area (Å²) in [5.41, 5.74) is 0. The summed E-state index contributed by atoms with van der Waals surface area (Å²) in [6.07, 6.45) is -3.82.